The molecule has 0 unspecified atom stereocenters. The van der Waals surface area contributed by atoms with Crippen LogP contribution in [0.3, 0.4) is 0 Å². The molecule has 0 atom stereocenters. The molecule has 0 aliphatic carbocycles. The van der Waals surface area contributed by atoms with Crippen molar-refractivity contribution in [2.75, 3.05) is 0 Å². The lowest BCUT2D eigenvalue weighted by Crippen LogP contribution is -2.20. The predicted molar refractivity (Wildman–Crippen MR) is 115 cm³/mol. The normalized spacial score (nSPS) is 10.8. The molecule has 3 rings (SSSR count). The van der Waals surface area contributed by atoms with Gasteiger partial charge >= 0.3 is 0 Å². The molecule has 1 N–H and O–H groups in total. The van der Waals surface area contributed by atoms with Crippen molar-refractivity contribution in [2.45, 2.75) is 13.2 Å². The van der Waals surface area contributed by atoms with Gasteiger partial charge in [0.15, 0.2) is 0 Å². The smallest absolute Gasteiger partial charge is 0.244 e. The average Bonchev–Trinajstić information content (AvgIpc) is 2.70. The van der Waals surface area contributed by atoms with E-state index in [-0.39, 0.29) is 5.91 Å². The third kappa shape index (κ3) is 6.45. The van der Waals surface area contributed by atoms with E-state index in [1.54, 1.807) is 12.1 Å². The summed E-state index contributed by atoms with van der Waals surface area (Å²) in [5, 5.41) is 4.17. The van der Waals surface area contributed by atoms with E-state index >= 15 is 0 Å². The van der Waals surface area contributed by atoms with Gasteiger partial charge in [-0.3, -0.25) is 4.79 Å². The van der Waals surface area contributed by atoms with Crippen molar-refractivity contribution in [3.05, 3.63) is 106 Å². The van der Waals surface area contributed by atoms with E-state index in [1.165, 1.54) is 6.08 Å². The molecule has 3 nitrogen and oxygen atoms in total. The summed E-state index contributed by atoms with van der Waals surface area (Å²) < 4.78 is 5.75. The molecule has 3 aromatic rings. The number of benzene rings is 3. The highest BCUT2D eigenvalue weighted by molar-refractivity contribution is 6.30. The zero-order valence-electron chi connectivity index (χ0n) is 15.1. The molecule has 0 heterocycles. The number of carbonyl (C=O) groups is 1. The highest BCUT2D eigenvalue weighted by atomic mass is 35.5. The summed E-state index contributed by atoms with van der Waals surface area (Å²) in [4.78, 5) is 12.0. The van der Waals surface area contributed by atoms with E-state index in [2.05, 4.69) is 5.32 Å². The summed E-state index contributed by atoms with van der Waals surface area (Å²) in [6, 6.07) is 22.5. The van der Waals surface area contributed by atoms with Gasteiger partial charge in [-0.05, 0) is 59.2 Å². The van der Waals surface area contributed by atoms with Crippen LogP contribution in [0.4, 0.5) is 0 Å². The van der Waals surface area contributed by atoms with Crippen molar-refractivity contribution in [3.8, 4) is 5.75 Å². The minimum atomic E-state index is -0.166. The Balaban J connectivity index is 1.48. The molecule has 1 amide bonds. The highest BCUT2D eigenvalue weighted by Gasteiger charge is 2.00. The fraction of sp³-hybridized carbons (Fsp3) is 0.0870. The molecular formula is C23H19Cl2NO2. The van der Waals surface area contributed by atoms with Crippen LogP contribution >= 0.6 is 23.2 Å². The number of ether oxygens (including phenoxy) is 1. The van der Waals surface area contributed by atoms with Crippen molar-refractivity contribution in [3.63, 3.8) is 0 Å². The summed E-state index contributed by atoms with van der Waals surface area (Å²) in [7, 11) is 0. The molecule has 0 aliphatic rings. The van der Waals surface area contributed by atoms with Gasteiger partial charge < -0.3 is 10.1 Å². The van der Waals surface area contributed by atoms with Crippen LogP contribution in [-0.4, -0.2) is 5.91 Å². The molecule has 28 heavy (non-hydrogen) atoms. The molecule has 142 valence electrons. The van der Waals surface area contributed by atoms with Crippen LogP contribution < -0.4 is 10.1 Å². The zero-order chi connectivity index (χ0) is 19.8. The van der Waals surface area contributed by atoms with E-state index in [0.29, 0.717) is 23.2 Å². The van der Waals surface area contributed by atoms with Gasteiger partial charge in [-0.2, -0.15) is 0 Å². The van der Waals surface area contributed by atoms with Crippen molar-refractivity contribution >= 4 is 35.2 Å². The first kappa shape index (κ1) is 20.0. The Hall–Kier alpha value is -2.75. The number of amides is 1. The van der Waals surface area contributed by atoms with Crippen molar-refractivity contribution < 1.29 is 9.53 Å². The van der Waals surface area contributed by atoms with Gasteiger partial charge in [-0.25, -0.2) is 0 Å². The summed E-state index contributed by atoms with van der Waals surface area (Å²) in [5.41, 5.74) is 2.87. The lowest BCUT2D eigenvalue weighted by atomic mass is 10.2. The quantitative estimate of drug-likeness (QED) is 0.491. The van der Waals surface area contributed by atoms with Gasteiger partial charge in [0, 0.05) is 22.7 Å². The van der Waals surface area contributed by atoms with Crippen LogP contribution in [0, 0.1) is 0 Å². The molecule has 0 saturated heterocycles. The summed E-state index contributed by atoms with van der Waals surface area (Å²) in [6.45, 7) is 0.877. The average molecular weight is 412 g/mol. The zero-order valence-corrected chi connectivity index (χ0v) is 16.6. The van der Waals surface area contributed by atoms with Crippen LogP contribution in [0.1, 0.15) is 16.7 Å². The monoisotopic (exact) mass is 411 g/mol. The van der Waals surface area contributed by atoms with Crippen molar-refractivity contribution in [2.24, 2.45) is 0 Å². The third-order valence-electron chi connectivity index (χ3n) is 3.96. The lowest BCUT2D eigenvalue weighted by molar-refractivity contribution is -0.116. The maximum atomic E-state index is 12.0. The highest BCUT2D eigenvalue weighted by Crippen LogP contribution is 2.17. The van der Waals surface area contributed by atoms with Gasteiger partial charge in [-0.1, -0.05) is 59.6 Å². The molecule has 0 radical (unpaired) electrons. The molecule has 0 spiro atoms. The lowest BCUT2D eigenvalue weighted by Gasteiger charge is -2.07. The second-order valence-corrected chi connectivity index (χ2v) is 7.04. The fourth-order valence-electron chi connectivity index (χ4n) is 2.54. The van der Waals surface area contributed by atoms with E-state index in [0.717, 1.165) is 22.4 Å². The molecular weight excluding hydrogens is 393 g/mol. The van der Waals surface area contributed by atoms with Crippen molar-refractivity contribution in [1.82, 2.24) is 5.32 Å². The van der Waals surface area contributed by atoms with Crippen LogP contribution in [-0.2, 0) is 17.9 Å². The maximum absolute atomic E-state index is 12.0. The predicted octanol–water partition coefficient (Wildman–Crippen LogP) is 5.90. The van der Waals surface area contributed by atoms with Gasteiger partial charge in [0.05, 0.1) is 0 Å². The van der Waals surface area contributed by atoms with E-state index in [9.17, 15) is 4.79 Å². The Morgan fingerprint density at radius 1 is 0.893 bits per heavy atom. The van der Waals surface area contributed by atoms with Crippen molar-refractivity contribution in [1.29, 1.82) is 0 Å². The Morgan fingerprint density at radius 3 is 2.21 bits per heavy atom. The van der Waals surface area contributed by atoms with E-state index in [4.69, 9.17) is 27.9 Å². The molecule has 5 heteroatoms. The van der Waals surface area contributed by atoms with Crippen LogP contribution in [0.2, 0.25) is 10.0 Å². The van der Waals surface area contributed by atoms with Gasteiger partial charge in [0.1, 0.15) is 12.4 Å². The standard InChI is InChI=1S/C23H19Cl2NO2/c24-20-5-1-3-18(13-20)15-26-23(27)12-9-17-7-10-22(11-8-17)28-16-19-4-2-6-21(25)14-19/h1-14H,15-16H2,(H,26,27)/b12-9+. The number of rotatable bonds is 7. The van der Waals surface area contributed by atoms with Gasteiger partial charge in [0.25, 0.3) is 0 Å². The number of halogens is 2. The second-order valence-electron chi connectivity index (χ2n) is 6.17. The minimum Gasteiger partial charge on any atom is -0.489 e. The third-order valence-corrected chi connectivity index (χ3v) is 4.43. The van der Waals surface area contributed by atoms with Gasteiger partial charge in [0.2, 0.25) is 5.91 Å². The molecule has 0 aromatic heterocycles. The molecule has 0 fully saturated rings. The fourth-order valence-corrected chi connectivity index (χ4v) is 2.96. The van der Waals surface area contributed by atoms with Crippen LogP contribution in [0.25, 0.3) is 6.08 Å². The van der Waals surface area contributed by atoms with Crippen LogP contribution in [0.5, 0.6) is 5.75 Å². The molecule has 3 aromatic carbocycles. The number of nitrogens with one attached hydrogen (secondary N) is 1. The van der Waals surface area contributed by atoms with Gasteiger partial charge in [-0.15, -0.1) is 0 Å². The van der Waals surface area contributed by atoms with E-state index < -0.39 is 0 Å². The first-order valence-electron chi connectivity index (χ1n) is 8.76. The SMILES string of the molecule is O=C(/C=C/c1ccc(OCc2cccc(Cl)c2)cc1)NCc1cccc(Cl)c1. The second kappa shape index (κ2) is 9.98. The van der Waals surface area contributed by atoms with Crippen LogP contribution in [0.15, 0.2) is 78.9 Å². The largest absolute Gasteiger partial charge is 0.489 e. The number of hydrogen-bond acceptors (Lipinski definition) is 2. The first-order valence-corrected chi connectivity index (χ1v) is 9.52. The molecule has 0 saturated carbocycles. The Labute approximate surface area is 174 Å². The maximum Gasteiger partial charge on any atom is 0.244 e. The van der Waals surface area contributed by atoms with E-state index in [1.807, 2.05) is 66.7 Å². The molecule has 0 bridgehead atoms. The minimum absolute atomic E-state index is 0.166. The summed E-state index contributed by atoms with van der Waals surface area (Å²) in [6.07, 6.45) is 3.26. The number of carbonyl (C=O) groups excluding carboxylic acids is 1. The first-order chi connectivity index (χ1) is 13.6. The Kier molecular flexibility index (Phi) is 7.12. The topological polar surface area (TPSA) is 38.3 Å². The molecule has 0 aliphatic heterocycles. The Bertz CT molecular complexity index is 968. The Morgan fingerprint density at radius 2 is 1.54 bits per heavy atom. The summed E-state index contributed by atoms with van der Waals surface area (Å²) >= 11 is 11.9. The number of hydrogen-bond donors (Lipinski definition) is 1. The summed E-state index contributed by atoms with van der Waals surface area (Å²) in [5.74, 6) is 0.587.